The van der Waals surface area contributed by atoms with Crippen molar-refractivity contribution in [1.29, 1.82) is 0 Å². The molecule has 3 aliphatic rings. The fourth-order valence-electron chi connectivity index (χ4n) is 5.32. The third-order valence-corrected chi connectivity index (χ3v) is 7.83. The Hall–Kier alpha value is -3.24. The van der Waals surface area contributed by atoms with E-state index in [0.29, 0.717) is 40.6 Å². The number of ether oxygens (including phenoxy) is 3. The molecule has 9 heteroatoms. The van der Waals surface area contributed by atoms with Gasteiger partial charge in [0.1, 0.15) is 5.60 Å². The minimum atomic E-state index is -1.66. The number of hydrogen-bond acceptors (Lipinski definition) is 8. The van der Waals surface area contributed by atoms with Crippen molar-refractivity contribution >= 4 is 22.2 Å². The van der Waals surface area contributed by atoms with Gasteiger partial charge in [0, 0.05) is 28.1 Å². The molecule has 0 bridgehead atoms. The van der Waals surface area contributed by atoms with Gasteiger partial charge in [-0.05, 0) is 46.5 Å². The number of nitrogens with zero attached hydrogens (tertiary/aromatic N) is 2. The van der Waals surface area contributed by atoms with Crippen LogP contribution in [-0.4, -0.2) is 32.8 Å². The number of aliphatic hydroxyl groups excluding tert-OH is 1. The van der Waals surface area contributed by atoms with Gasteiger partial charge in [-0.25, -0.2) is 4.98 Å². The molecular formula is C25H20N2O6S. The van der Waals surface area contributed by atoms with Crippen LogP contribution in [-0.2, 0) is 23.5 Å². The molecule has 1 aromatic carbocycles. The van der Waals surface area contributed by atoms with Crippen molar-refractivity contribution in [2.45, 2.75) is 38.4 Å². The summed E-state index contributed by atoms with van der Waals surface area (Å²) in [5.74, 6) is 1.31. The average Bonchev–Trinajstić information content (AvgIpc) is 3.59. The Kier molecular flexibility index (Phi) is 4.09. The van der Waals surface area contributed by atoms with Crippen LogP contribution < -0.4 is 15.0 Å². The number of thiophene rings is 1. The molecule has 0 aliphatic carbocycles. The van der Waals surface area contributed by atoms with Crippen molar-refractivity contribution in [3.8, 4) is 34.0 Å². The van der Waals surface area contributed by atoms with E-state index in [1.807, 2.05) is 17.5 Å². The van der Waals surface area contributed by atoms with E-state index in [1.54, 1.807) is 28.9 Å². The second kappa shape index (κ2) is 6.89. The number of hydrogen-bond donors (Lipinski definition) is 2. The van der Waals surface area contributed by atoms with Crippen LogP contribution in [0.2, 0.25) is 0 Å². The van der Waals surface area contributed by atoms with E-state index in [1.165, 1.54) is 0 Å². The summed E-state index contributed by atoms with van der Waals surface area (Å²) in [4.78, 5) is 18.5. The topological polar surface area (TPSA) is 103 Å². The Bertz CT molecular complexity index is 1560. The molecule has 8 nitrogen and oxygen atoms in total. The molecule has 0 saturated carbocycles. The summed E-state index contributed by atoms with van der Waals surface area (Å²) in [6, 6.07) is 7.67. The zero-order valence-corrected chi connectivity index (χ0v) is 19.0. The molecule has 0 spiro atoms. The highest BCUT2D eigenvalue weighted by atomic mass is 32.1. The van der Waals surface area contributed by atoms with E-state index in [0.717, 1.165) is 27.6 Å². The summed E-state index contributed by atoms with van der Waals surface area (Å²) in [7, 11) is 0. The van der Waals surface area contributed by atoms with Crippen LogP contribution in [0.5, 0.6) is 11.5 Å². The molecule has 0 saturated heterocycles. The first-order valence-corrected chi connectivity index (χ1v) is 12.0. The lowest BCUT2D eigenvalue weighted by Crippen LogP contribution is -2.47. The van der Waals surface area contributed by atoms with Crippen LogP contribution in [0.25, 0.3) is 33.4 Å². The lowest BCUT2D eigenvalue weighted by Gasteiger charge is -2.37. The summed E-state index contributed by atoms with van der Waals surface area (Å²) < 4.78 is 18.3. The molecule has 3 aromatic heterocycles. The van der Waals surface area contributed by atoms with Crippen LogP contribution >= 0.6 is 11.3 Å². The number of pyridine rings is 2. The predicted molar refractivity (Wildman–Crippen MR) is 125 cm³/mol. The highest BCUT2D eigenvalue weighted by Crippen LogP contribution is 2.46. The first-order chi connectivity index (χ1) is 16.5. The molecule has 0 radical (unpaired) electrons. The van der Waals surface area contributed by atoms with Gasteiger partial charge in [0.15, 0.2) is 17.8 Å². The van der Waals surface area contributed by atoms with Crippen molar-refractivity contribution < 1.29 is 24.4 Å². The maximum atomic E-state index is 13.6. The van der Waals surface area contributed by atoms with E-state index < -0.39 is 11.9 Å². The summed E-state index contributed by atoms with van der Waals surface area (Å²) in [5.41, 5.74) is 3.90. The molecular weight excluding hydrogens is 456 g/mol. The molecule has 2 atom stereocenters. The summed E-state index contributed by atoms with van der Waals surface area (Å²) >= 11 is 1.60. The average molecular weight is 477 g/mol. The first kappa shape index (κ1) is 20.2. The van der Waals surface area contributed by atoms with Gasteiger partial charge in [-0.3, -0.25) is 4.79 Å². The molecule has 2 N–H and O–H groups in total. The summed E-state index contributed by atoms with van der Waals surface area (Å²) in [6.45, 7) is 2.22. The smallest absolute Gasteiger partial charge is 0.257 e. The Morgan fingerprint density at radius 2 is 2.06 bits per heavy atom. The highest BCUT2D eigenvalue weighted by molar-refractivity contribution is 7.08. The molecule has 172 valence electrons. The SMILES string of the molecule is CC[C@]1(O)c2cc3n(c(=O)c2COC1O)Cc1c-3nc2cc3c(cc2c1-c1ccsc1)OCO3. The van der Waals surface area contributed by atoms with Crippen LogP contribution in [0.1, 0.15) is 30.0 Å². The van der Waals surface area contributed by atoms with Crippen molar-refractivity contribution in [2.75, 3.05) is 6.79 Å². The van der Waals surface area contributed by atoms with Gasteiger partial charge in [-0.15, -0.1) is 0 Å². The third-order valence-electron chi connectivity index (χ3n) is 7.15. The quantitative estimate of drug-likeness (QED) is 0.403. The Balaban J connectivity index is 1.55. The maximum Gasteiger partial charge on any atom is 0.257 e. The number of benzene rings is 1. The van der Waals surface area contributed by atoms with Crippen LogP contribution in [0.15, 0.2) is 39.8 Å². The fraction of sp³-hybridized carbons (Fsp3) is 0.280. The lowest BCUT2D eigenvalue weighted by molar-refractivity contribution is -0.236. The summed E-state index contributed by atoms with van der Waals surface area (Å²) in [5, 5.41) is 26.6. The monoisotopic (exact) mass is 476 g/mol. The molecule has 6 heterocycles. The standard InChI is InChI=1S/C25H20N2O6S/c1-2-25(30)16-6-18-22-14(8-27(18)23(28)15(16)9-31-24(25)29)21(12-3-4-34-10-12)13-5-19-20(33-11-32-19)7-17(13)26-22/h3-7,10,24,29-30H,2,8-9,11H2,1H3/t24?,25-/m0/s1. The van der Waals surface area contributed by atoms with E-state index in [2.05, 4.69) is 11.4 Å². The second-order valence-electron chi connectivity index (χ2n) is 8.80. The molecule has 0 amide bonds. The number of fused-ring (bicyclic) bond motifs is 6. The number of aliphatic hydroxyl groups is 2. The van der Waals surface area contributed by atoms with E-state index in [-0.39, 0.29) is 25.4 Å². The van der Waals surface area contributed by atoms with Crippen molar-refractivity contribution in [2.24, 2.45) is 0 Å². The van der Waals surface area contributed by atoms with Crippen LogP contribution in [0, 0.1) is 0 Å². The fourth-order valence-corrected chi connectivity index (χ4v) is 5.97. The molecule has 1 unspecified atom stereocenters. The molecule has 4 aromatic rings. The largest absolute Gasteiger partial charge is 0.454 e. The van der Waals surface area contributed by atoms with Gasteiger partial charge in [0.05, 0.1) is 30.1 Å². The number of rotatable bonds is 2. The van der Waals surface area contributed by atoms with Crippen LogP contribution in [0.3, 0.4) is 0 Å². The van der Waals surface area contributed by atoms with Crippen molar-refractivity contribution in [1.82, 2.24) is 9.55 Å². The van der Waals surface area contributed by atoms with Gasteiger partial charge in [-0.1, -0.05) is 6.92 Å². The van der Waals surface area contributed by atoms with E-state index in [4.69, 9.17) is 19.2 Å². The molecule has 0 fully saturated rings. The van der Waals surface area contributed by atoms with Gasteiger partial charge in [0.25, 0.3) is 5.56 Å². The minimum Gasteiger partial charge on any atom is -0.454 e. The van der Waals surface area contributed by atoms with Crippen molar-refractivity contribution in [3.63, 3.8) is 0 Å². The second-order valence-corrected chi connectivity index (χ2v) is 9.58. The molecule has 3 aliphatic heterocycles. The van der Waals surface area contributed by atoms with Crippen molar-refractivity contribution in [3.05, 3.63) is 62.1 Å². The minimum absolute atomic E-state index is 0.0531. The lowest BCUT2D eigenvalue weighted by atomic mass is 9.85. The molecule has 7 rings (SSSR count). The number of aromatic nitrogens is 2. The van der Waals surface area contributed by atoms with E-state index in [9.17, 15) is 15.0 Å². The highest BCUT2D eigenvalue weighted by Gasteiger charge is 2.44. The van der Waals surface area contributed by atoms with Gasteiger partial charge >= 0.3 is 0 Å². The summed E-state index contributed by atoms with van der Waals surface area (Å²) in [6.07, 6.45) is -1.20. The molecule has 34 heavy (non-hydrogen) atoms. The normalized spacial score (nSPS) is 22.0. The predicted octanol–water partition coefficient (Wildman–Crippen LogP) is 3.33. The zero-order valence-electron chi connectivity index (χ0n) is 18.2. The Morgan fingerprint density at radius 3 is 2.82 bits per heavy atom. The van der Waals surface area contributed by atoms with Gasteiger partial charge in [-0.2, -0.15) is 11.3 Å². The van der Waals surface area contributed by atoms with Crippen LogP contribution in [0.4, 0.5) is 0 Å². The van der Waals surface area contributed by atoms with Gasteiger partial charge in [0.2, 0.25) is 6.79 Å². The zero-order chi connectivity index (χ0) is 23.2. The van der Waals surface area contributed by atoms with E-state index >= 15 is 0 Å². The maximum absolute atomic E-state index is 13.6. The Morgan fingerprint density at radius 1 is 1.24 bits per heavy atom. The third kappa shape index (κ3) is 2.52. The van der Waals surface area contributed by atoms with Gasteiger partial charge < -0.3 is 29.0 Å². The first-order valence-electron chi connectivity index (χ1n) is 11.1. The Labute approximate surface area is 197 Å².